The van der Waals surface area contributed by atoms with Gasteiger partial charge >= 0.3 is 0 Å². The van der Waals surface area contributed by atoms with Crippen LogP contribution in [0.2, 0.25) is 0 Å². The van der Waals surface area contributed by atoms with Crippen LogP contribution >= 0.6 is 0 Å². The first-order chi connectivity index (χ1) is 8.34. The minimum Gasteiger partial charge on any atom is -0.485 e. The largest absolute Gasteiger partial charge is 0.485 e. The average Bonchev–Trinajstić information content (AvgIpc) is 2.40. The highest BCUT2D eigenvalue weighted by atomic mass is 16.5. The van der Waals surface area contributed by atoms with E-state index >= 15 is 0 Å². The van der Waals surface area contributed by atoms with Crippen molar-refractivity contribution in [1.82, 2.24) is 0 Å². The van der Waals surface area contributed by atoms with E-state index in [0.29, 0.717) is 6.42 Å². The third kappa shape index (κ3) is 1.92. The maximum absolute atomic E-state index is 10.1. The number of hydrogen-bond donors (Lipinski definition) is 1. The molecule has 1 aliphatic rings. The summed E-state index contributed by atoms with van der Waals surface area (Å²) in [6, 6.07) is 17.7. The molecule has 17 heavy (non-hydrogen) atoms. The predicted octanol–water partition coefficient (Wildman–Crippen LogP) is 3.24. The Hall–Kier alpha value is -1.80. The molecule has 0 saturated carbocycles. The summed E-state index contributed by atoms with van der Waals surface area (Å²) in [5.41, 5.74) is 2.00. The predicted molar refractivity (Wildman–Crippen MR) is 65.8 cm³/mol. The molecule has 2 aromatic carbocycles. The summed E-state index contributed by atoms with van der Waals surface area (Å²) >= 11 is 0. The Kier molecular flexibility index (Phi) is 2.57. The van der Waals surface area contributed by atoms with Crippen molar-refractivity contribution >= 4 is 0 Å². The molecular weight excluding hydrogens is 212 g/mol. The van der Waals surface area contributed by atoms with E-state index in [9.17, 15) is 5.11 Å². The first-order valence-corrected chi connectivity index (χ1v) is 5.83. The second-order valence-corrected chi connectivity index (χ2v) is 4.31. The number of hydrogen-bond acceptors (Lipinski definition) is 2. The zero-order chi connectivity index (χ0) is 11.7. The van der Waals surface area contributed by atoms with E-state index in [-0.39, 0.29) is 6.10 Å². The van der Waals surface area contributed by atoms with Crippen molar-refractivity contribution in [1.29, 1.82) is 0 Å². The Morgan fingerprint density at radius 3 is 2.47 bits per heavy atom. The van der Waals surface area contributed by atoms with Gasteiger partial charge in [0.1, 0.15) is 11.9 Å². The van der Waals surface area contributed by atoms with Crippen LogP contribution in [0.3, 0.4) is 0 Å². The fourth-order valence-electron chi connectivity index (χ4n) is 2.27. The highest BCUT2D eigenvalue weighted by Gasteiger charge is 2.27. The van der Waals surface area contributed by atoms with Crippen molar-refractivity contribution in [3.05, 3.63) is 65.7 Å². The van der Waals surface area contributed by atoms with Crippen LogP contribution in [0.25, 0.3) is 0 Å². The summed E-state index contributed by atoms with van der Waals surface area (Å²) in [5, 5.41) is 10.1. The van der Waals surface area contributed by atoms with Gasteiger partial charge < -0.3 is 9.84 Å². The van der Waals surface area contributed by atoms with Gasteiger partial charge in [-0.3, -0.25) is 0 Å². The van der Waals surface area contributed by atoms with Crippen LogP contribution in [-0.2, 0) is 0 Å². The number of para-hydroxylation sites is 1. The molecule has 0 fully saturated rings. The standard InChI is InChI=1S/C15H14O2/c16-13-10-15(11-6-2-1-3-7-11)17-14-9-5-4-8-12(13)14/h1-9,13,15-16H,10H2/t13-,15+/m1/s1. The van der Waals surface area contributed by atoms with Crippen molar-refractivity contribution in [2.75, 3.05) is 0 Å². The molecule has 0 bridgehead atoms. The number of aliphatic hydroxyl groups is 1. The van der Waals surface area contributed by atoms with Gasteiger partial charge in [0.15, 0.2) is 0 Å². The van der Waals surface area contributed by atoms with Crippen LogP contribution in [0.1, 0.15) is 29.8 Å². The van der Waals surface area contributed by atoms with Crippen molar-refractivity contribution in [3.63, 3.8) is 0 Å². The molecule has 0 unspecified atom stereocenters. The molecule has 0 amide bonds. The van der Waals surface area contributed by atoms with Crippen LogP contribution < -0.4 is 4.74 Å². The first kappa shape index (κ1) is 10.4. The molecule has 2 atom stereocenters. The van der Waals surface area contributed by atoms with Gasteiger partial charge in [-0.15, -0.1) is 0 Å². The lowest BCUT2D eigenvalue weighted by atomic mass is 9.95. The third-order valence-corrected chi connectivity index (χ3v) is 3.16. The lowest BCUT2D eigenvalue weighted by molar-refractivity contribution is 0.0657. The summed E-state index contributed by atoms with van der Waals surface area (Å²) in [6.07, 6.45) is 0.118. The molecular formula is C15H14O2. The third-order valence-electron chi connectivity index (χ3n) is 3.16. The molecule has 1 aliphatic heterocycles. The molecule has 0 radical (unpaired) electrons. The van der Waals surface area contributed by atoms with E-state index in [1.165, 1.54) is 0 Å². The quantitative estimate of drug-likeness (QED) is 0.808. The summed E-state index contributed by atoms with van der Waals surface area (Å²) < 4.78 is 5.93. The summed E-state index contributed by atoms with van der Waals surface area (Å²) in [7, 11) is 0. The fraction of sp³-hybridized carbons (Fsp3) is 0.200. The highest BCUT2D eigenvalue weighted by molar-refractivity contribution is 5.38. The van der Waals surface area contributed by atoms with Crippen molar-refractivity contribution < 1.29 is 9.84 Å². The zero-order valence-electron chi connectivity index (χ0n) is 9.41. The molecule has 2 aromatic rings. The van der Waals surface area contributed by atoms with E-state index in [0.717, 1.165) is 16.9 Å². The summed E-state index contributed by atoms with van der Waals surface area (Å²) in [4.78, 5) is 0. The first-order valence-electron chi connectivity index (χ1n) is 5.83. The molecule has 0 spiro atoms. The molecule has 1 heterocycles. The van der Waals surface area contributed by atoms with Crippen molar-refractivity contribution in [2.24, 2.45) is 0 Å². The lowest BCUT2D eigenvalue weighted by Gasteiger charge is -2.29. The Morgan fingerprint density at radius 2 is 1.65 bits per heavy atom. The van der Waals surface area contributed by atoms with E-state index in [1.807, 2.05) is 54.6 Å². The summed E-state index contributed by atoms with van der Waals surface area (Å²) in [5.74, 6) is 0.792. The maximum atomic E-state index is 10.1. The molecule has 2 heteroatoms. The number of benzene rings is 2. The smallest absolute Gasteiger partial charge is 0.127 e. The fourth-order valence-corrected chi connectivity index (χ4v) is 2.27. The highest BCUT2D eigenvalue weighted by Crippen LogP contribution is 2.40. The van der Waals surface area contributed by atoms with Gasteiger partial charge in [-0.25, -0.2) is 0 Å². The van der Waals surface area contributed by atoms with Gasteiger partial charge in [-0.05, 0) is 11.6 Å². The Labute approximate surface area is 100 Å². The Morgan fingerprint density at radius 1 is 0.941 bits per heavy atom. The molecule has 86 valence electrons. The van der Waals surface area contributed by atoms with Gasteiger partial charge in [0.2, 0.25) is 0 Å². The van der Waals surface area contributed by atoms with E-state index in [4.69, 9.17) is 4.74 Å². The van der Waals surface area contributed by atoms with Crippen LogP contribution in [0, 0.1) is 0 Å². The maximum Gasteiger partial charge on any atom is 0.127 e. The molecule has 2 nitrogen and oxygen atoms in total. The topological polar surface area (TPSA) is 29.5 Å². The molecule has 0 saturated heterocycles. The van der Waals surface area contributed by atoms with Crippen LogP contribution in [0.5, 0.6) is 5.75 Å². The lowest BCUT2D eigenvalue weighted by Crippen LogP contribution is -2.18. The second-order valence-electron chi connectivity index (χ2n) is 4.31. The molecule has 1 N–H and O–H groups in total. The molecule has 0 aromatic heterocycles. The van der Waals surface area contributed by atoms with Crippen LogP contribution in [0.15, 0.2) is 54.6 Å². The number of aliphatic hydroxyl groups excluding tert-OH is 1. The second kappa shape index (κ2) is 4.22. The van der Waals surface area contributed by atoms with Crippen LogP contribution in [-0.4, -0.2) is 5.11 Å². The monoisotopic (exact) mass is 226 g/mol. The van der Waals surface area contributed by atoms with Gasteiger partial charge in [0.25, 0.3) is 0 Å². The van der Waals surface area contributed by atoms with Gasteiger partial charge in [-0.1, -0.05) is 48.5 Å². The SMILES string of the molecule is O[C@@H]1C[C@@H](c2ccccc2)Oc2ccccc21. The minimum atomic E-state index is -0.440. The number of rotatable bonds is 1. The number of ether oxygens (including phenoxy) is 1. The Bertz CT molecular complexity index is 507. The molecule has 0 aliphatic carbocycles. The van der Waals surface area contributed by atoms with Gasteiger partial charge in [0.05, 0.1) is 6.10 Å². The van der Waals surface area contributed by atoms with Crippen molar-refractivity contribution in [3.8, 4) is 5.75 Å². The normalized spacial score (nSPS) is 22.6. The van der Waals surface area contributed by atoms with E-state index < -0.39 is 6.10 Å². The summed E-state index contributed by atoms with van der Waals surface area (Å²) in [6.45, 7) is 0. The van der Waals surface area contributed by atoms with Gasteiger partial charge in [-0.2, -0.15) is 0 Å². The zero-order valence-corrected chi connectivity index (χ0v) is 9.41. The average molecular weight is 226 g/mol. The van der Waals surface area contributed by atoms with Crippen LogP contribution in [0.4, 0.5) is 0 Å². The minimum absolute atomic E-state index is 0.0545. The van der Waals surface area contributed by atoms with Crippen molar-refractivity contribution in [2.45, 2.75) is 18.6 Å². The van der Waals surface area contributed by atoms with Gasteiger partial charge in [0, 0.05) is 12.0 Å². The van der Waals surface area contributed by atoms with E-state index in [2.05, 4.69) is 0 Å². The Balaban J connectivity index is 1.94. The number of fused-ring (bicyclic) bond motifs is 1. The van der Waals surface area contributed by atoms with E-state index in [1.54, 1.807) is 0 Å². The molecule has 3 rings (SSSR count).